The van der Waals surface area contributed by atoms with Crippen molar-refractivity contribution in [2.24, 2.45) is 4.99 Å². The van der Waals surface area contributed by atoms with E-state index >= 15 is 0 Å². The number of furan rings is 1. The molecule has 1 amide bonds. The Hall–Kier alpha value is -3.58. The summed E-state index contributed by atoms with van der Waals surface area (Å²) >= 11 is 1.33. The first kappa shape index (κ1) is 22.6. The van der Waals surface area contributed by atoms with Crippen molar-refractivity contribution in [3.63, 3.8) is 0 Å². The fraction of sp³-hybridized carbons (Fsp3) is 0.192. The number of ether oxygens (including phenoxy) is 1. The van der Waals surface area contributed by atoms with E-state index in [0.29, 0.717) is 40.3 Å². The van der Waals surface area contributed by atoms with E-state index in [-0.39, 0.29) is 11.9 Å². The monoisotopic (exact) mass is 460 g/mol. The Balaban J connectivity index is 1.58. The summed E-state index contributed by atoms with van der Waals surface area (Å²) in [6.07, 6.45) is 1.73. The third kappa shape index (κ3) is 5.09. The average molecular weight is 461 g/mol. The van der Waals surface area contributed by atoms with Crippen LogP contribution >= 0.6 is 11.8 Å². The van der Waals surface area contributed by atoms with E-state index in [4.69, 9.17) is 9.15 Å². The third-order valence-electron chi connectivity index (χ3n) is 5.02. The summed E-state index contributed by atoms with van der Waals surface area (Å²) in [7, 11) is 0. The van der Waals surface area contributed by atoms with Crippen LogP contribution in [0, 0.1) is 6.92 Å². The van der Waals surface area contributed by atoms with Crippen LogP contribution in [-0.4, -0.2) is 35.1 Å². The second-order valence-electron chi connectivity index (χ2n) is 7.39. The van der Waals surface area contributed by atoms with Crippen molar-refractivity contribution < 1.29 is 18.7 Å². The SMILES string of the molecule is CCOC(=O)c1cccc(-c2ccc(/C=C3/SC(=Nc4ccc(C)cc4)N(CC)C3=O)o2)c1. The molecule has 1 saturated heterocycles. The van der Waals surface area contributed by atoms with Gasteiger partial charge in [0.05, 0.1) is 22.8 Å². The van der Waals surface area contributed by atoms with Gasteiger partial charge in [-0.05, 0) is 68.9 Å². The summed E-state index contributed by atoms with van der Waals surface area (Å²) < 4.78 is 11.0. The molecule has 1 aliphatic heterocycles. The van der Waals surface area contributed by atoms with Crippen molar-refractivity contribution >= 4 is 40.6 Å². The summed E-state index contributed by atoms with van der Waals surface area (Å²) in [5, 5.41) is 0.645. The van der Waals surface area contributed by atoms with Gasteiger partial charge in [-0.3, -0.25) is 9.69 Å². The number of amidine groups is 1. The molecule has 0 atom stereocenters. The molecule has 3 aromatic rings. The van der Waals surface area contributed by atoms with Gasteiger partial charge in [0.1, 0.15) is 11.5 Å². The first-order chi connectivity index (χ1) is 16.0. The third-order valence-corrected chi connectivity index (χ3v) is 6.03. The molecule has 0 saturated carbocycles. The van der Waals surface area contributed by atoms with E-state index < -0.39 is 0 Å². The quantitative estimate of drug-likeness (QED) is 0.330. The number of amides is 1. The maximum Gasteiger partial charge on any atom is 0.338 e. The van der Waals surface area contributed by atoms with Crippen molar-refractivity contribution in [1.29, 1.82) is 0 Å². The zero-order valence-electron chi connectivity index (χ0n) is 18.7. The number of carbonyl (C=O) groups excluding carboxylic acids is 2. The molecule has 4 rings (SSSR count). The van der Waals surface area contributed by atoms with Gasteiger partial charge in [0, 0.05) is 18.2 Å². The standard InChI is InChI=1S/C26H24N2O4S/c1-4-28-24(29)23(33-26(28)27-20-11-9-17(3)10-12-20)16-21-13-14-22(32-21)18-7-6-8-19(15-18)25(30)31-5-2/h6-16H,4-5H2,1-3H3/b23-16+,27-26?. The van der Waals surface area contributed by atoms with Gasteiger partial charge in [0.15, 0.2) is 5.17 Å². The fourth-order valence-corrected chi connectivity index (χ4v) is 4.37. The minimum absolute atomic E-state index is 0.101. The number of nitrogens with zero attached hydrogens (tertiary/aromatic N) is 2. The van der Waals surface area contributed by atoms with Crippen LogP contribution < -0.4 is 0 Å². The van der Waals surface area contributed by atoms with Crippen LogP contribution in [0.25, 0.3) is 17.4 Å². The van der Waals surface area contributed by atoms with Crippen LogP contribution in [0.4, 0.5) is 5.69 Å². The number of likely N-dealkylation sites (N-methyl/N-ethyl adjacent to an activating group) is 1. The first-order valence-corrected chi connectivity index (χ1v) is 11.5. The van der Waals surface area contributed by atoms with Gasteiger partial charge in [-0.15, -0.1) is 0 Å². The summed E-state index contributed by atoms with van der Waals surface area (Å²) in [6.45, 7) is 6.56. The van der Waals surface area contributed by atoms with Gasteiger partial charge >= 0.3 is 5.97 Å². The number of thioether (sulfide) groups is 1. The Morgan fingerprint density at radius 2 is 1.91 bits per heavy atom. The molecule has 0 bridgehead atoms. The molecular formula is C26H24N2O4S. The summed E-state index contributed by atoms with van der Waals surface area (Å²) in [5.41, 5.74) is 3.18. The molecule has 0 spiro atoms. The lowest BCUT2D eigenvalue weighted by Crippen LogP contribution is -2.28. The van der Waals surface area contributed by atoms with E-state index in [0.717, 1.165) is 16.8 Å². The first-order valence-electron chi connectivity index (χ1n) is 10.7. The van der Waals surface area contributed by atoms with Gasteiger partial charge in [0.2, 0.25) is 0 Å². The Kier molecular flexibility index (Phi) is 6.79. The molecule has 33 heavy (non-hydrogen) atoms. The van der Waals surface area contributed by atoms with Gasteiger partial charge in [0.25, 0.3) is 5.91 Å². The van der Waals surface area contributed by atoms with Crippen LogP contribution in [0.1, 0.15) is 35.5 Å². The molecule has 1 aliphatic rings. The molecule has 7 heteroatoms. The number of aryl methyl sites for hydroxylation is 1. The largest absolute Gasteiger partial charge is 0.462 e. The van der Waals surface area contributed by atoms with Crippen molar-refractivity contribution in [2.75, 3.05) is 13.2 Å². The van der Waals surface area contributed by atoms with Crippen molar-refractivity contribution in [2.45, 2.75) is 20.8 Å². The number of esters is 1. The number of hydrogen-bond acceptors (Lipinski definition) is 6. The zero-order chi connectivity index (χ0) is 23.4. The normalized spacial score (nSPS) is 16.1. The van der Waals surface area contributed by atoms with Gasteiger partial charge in [-0.2, -0.15) is 0 Å². The topological polar surface area (TPSA) is 72.1 Å². The van der Waals surface area contributed by atoms with Crippen LogP contribution in [0.2, 0.25) is 0 Å². The van der Waals surface area contributed by atoms with Crippen LogP contribution in [0.3, 0.4) is 0 Å². The van der Waals surface area contributed by atoms with Gasteiger partial charge in [-0.1, -0.05) is 29.8 Å². The van der Waals surface area contributed by atoms with Gasteiger partial charge in [-0.25, -0.2) is 9.79 Å². The van der Waals surface area contributed by atoms with E-state index in [2.05, 4.69) is 4.99 Å². The fourth-order valence-electron chi connectivity index (χ4n) is 3.33. The van der Waals surface area contributed by atoms with Crippen LogP contribution in [-0.2, 0) is 9.53 Å². The average Bonchev–Trinajstić information content (AvgIpc) is 3.40. The van der Waals surface area contributed by atoms with Gasteiger partial charge < -0.3 is 9.15 Å². The molecule has 1 fully saturated rings. The van der Waals surface area contributed by atoms with E-state index in [1.807, 2.05) is 50.2 Å². The molecule has 1 aromatic heterocycles. The number of rotatable bonds is 6. The Labute approximate surface area is 197 Å². The predicted molar refractivity (Wildman–Crippen MR) is 131 cm³/mol. The minimum atomic E-state index is -0.374. The minimum Gasteiger partial charge on any atom is -0.462 e. The van der Waals surface area contributed by atoms with Crippen LogP contribution in [0.15, 0.2) is 75.0 Å². The molecule has 2 aromatic carbocycles. The molecule has 0 aliphatic carbocycles. The summed E-state index contributed by atoms with van der Waals surface area (Å²) in [6, 6.07) is 18.6. The smallest absolute Gasteiger partial charge is 0.338 e. The number of hydrogen-bond donors (Lipinski definition) is 0. The highest BCUT2D eigenvalue weighted by molar-refractivity contribution is 8.18. The molecule has 0 unspecified atom stereocenters. The highest BCUT2D eigenvalue weighted by Gasteiger charge is 2.32. The van der Waals surface area contributed by atoms with Crippen molar-refractivity contribution in [3.05, 3.63) is 82.5 Å². The molecular weight excluding hydrogens is 436 g/mol. The highest BCUT2D eigenvalue weighted by atomic mass is 32.2. The molecule has 168 valence electrons. The maximum absolute atomic E-state index is 12.9. The number of carbonyl (C=O) groups is 2. The molecule has 2 heterocycles. The second kappa shape index (κ2) is 9.92. The van der Waals surface area contributed by atoms with Crippen molar-refractivity contribution in [1.82, 2.24) is 4.90 Å². The van der Waals surface area contributed by atoms with Crippen LogP contribution in [0.5, 0.6) is 0 Å². The lowest BCUT2D eigenvalue weighted by atomic mass is 10.1. The lowest BCUT2D eigenvalue weighted by Gasteiger charge is -2.11. The molecule has 6 nitrogen and oxygen atoms in total. The summed E-state index contributed by atoms with van der Waals surface area (Å²) in [4.78, 5) is 31.8. The number of aliphatic imine (C=N–C) groups is 1. The van der Waals surface area contributed by atoms with Crippen molar-refractivity contribution in [3.8, 4) is 11.3 Å². The highest BCUT2D eigenvalue weighted by Crippen LogP contribution is 2.35. The second-order valence-corrected chi connectivity index (χ2v) is 8.40. The number of benzene rings is 2. The Bertz CT molecular complexity index is 1240. The zero-order valence-corrected chi connectivity index (χ0v) is 19.5. The van der Waals surface area contributed by atoms with E-state index in [1.54, 1.807) is 42.2 Å². The van der Waals surface area contributed by atoms with E-state index in [1.165, 1.54) is 11.8 Å². The maximum atomic E-state index is 12.9. The Morgan fingerprint density at radius 1 is 1.12 bits per heavy atom. The predicted octanol–water partition coefficient (Wildman–Crippen LogP) is 6.06. The Morgan fingerprint density at radius 3 is 2.64 bits per heavy atom. The van der Waals surface area contributed by atoms with E-state index in [9.17, 15) is 9.59 Å². The lowest BCUT2D eigenvalue weighted by molar-refractivity contribution is -0.122. The molecule has 0 N–H and O–H groups in total. The summed E-state index contributed by atoms with van der Waals surface area (Å²) in [5.74, 6) is 0.677. The molecule has 0 radical (unpaired) electrons.